The molecule has 2 heteroatoms. The van der Waals surface area contributed by atoms with Crippen molar-refractivity contribution >= 4 is 0 Å². The van der Waals surface area contributed by atoms with Crippen LogP contribution in [0.25, 0.3) is 11.3 Å². The number of aromatic nitrogens is 1. The Balaban J connectivity index is 2.87. The van der Waals surface area contributed by atoms with Crippen molar-refractivity contribution in [3.8, 4) is 11.3 Å². The normalized spacial score (nSPS) is 17.2. The molecule has 1 nitrogen and oxygen atoms in total. The van der Waals surface area contributed by atoms with Crippen LogP contribution in [0.15, 0.2) is 24.4 Å². The molecule has 0 saturated carbocycles. The maximum Gasteiger partial charge on any atom is 0.212 e. The van der Waals surface area contributed by atoms with Gasteiger partial charge in [0.15, 0.2) is 6.20 Å². The van der Waals surface area contributed by atoms with Crippen LogP contribution < -0.4 is 4.57 Å². The van der Waals surface area contributed by atoms with Gasteiger partial charge in [0, 0.05) is 19.9 Å². The molecule has 0 unspecified atom stereocenters. The Hall–Kier alpha value is -1.70. The van der Waals surface area contributed by atoms with Gasteiger partial charge in [-0.2, -0.15) is 0 Å². The van der Waals surface area contributed by atoms with Gasteiger partial charge in [0.1, 0.15) is 12.9 Å². The molecule has 2 aromatic rings. The van der Waals surface area contributed by atoms with Crippen LogP contribution in [0.5, 0.6) is 0 Å². The molecular formula is C19H25FN+. The highest BCUT2D eigenvalue weighted by atomic mass is 19.1. The molecule has 2 rings (SSSR count). The first-order chi connectivity index (χ1) is 12.0. The number of hydrogen-bond acceptors (Lipinski definition) is 0. The third-order valence-electron chi connectivity index (χ3n) is 3.76. The third-order valence-corrected chi connectivity index (χ3v) is 3.76. The third kappa shape index (κ3) is 2.99. The lowest BCUT2D eigenvalue weighted by Crippen LogP contribution is -2.31. The summed E-state index contributed by atoms with van der Waals surface area (Å²) in [5, 5.41) is 0. The summed E-state index contributed by atoms with van der Waals surface area (Å²) >= 11 is 0. The van der Waals surface area contributed by atoms with Gasteiger partial charge in [-0.1, -0.05) is 20.8 Å². The molecule has 0 aliphatic carbocycles. The van der Waals surface area contributed by atoms with Gasteiger partial charge >= 0.3 is 0 Å². The highest BCUT2D eigenvalue weighted by Gasteiger charge is 2.22. The minimum absolute atomic E-state index is 0.223. The van der Waals surface area contributed by atoms with Crippen LogP contribution in [0.2, 0.25) is 0 Å². The van der Waals surface area contributed by atoms with Crippen molar-refractivity contribution in [1.29, 1.82) is 0 Å². The molecule has 0 aliphatic rings. The molecule has 0 fully saturated rings. The lowest BCUT2D eigenvalue weighted by atomic mass is 9.84. The molecule has 1 aromatic heterocycles. The highest BCUT2D eigenvalue weighted by Crippen LogP contribution is 2.31. The Labute approximate surface area is 135 Å². The fourth-order valence-corrected chi connectivity index (χ4v) is 2.29. The van der Waals surface area contributed by atoms with E-state index in [1.54, 1.807) is 18.5 Å². The smallest absolute Gasteiger partial charge is 0.207 e. The number of pyridine rings is 1. The summed E-state index contributed by atoms with van der Waals surface area (Å²) in [6.07, 6.45) is 1.31. The average Bonchev–Trinajstić information content (AvgIpc) is 2.46. The summed E-state index contributed by atoms with van der Waals surface area (Å²) in [6.45, 7) is 2.36. The summed E-state index contributed by atoms with van der Waals surface area (Å²) < 4.78 is 62.4. The fraction of sp³-hybridized carbons (Fsp3) is 0.421. The van der Waals surface area contributed by atoms with Gasteiger partial charge in [-0.3, -0.25) is 0 Å². The summed E-state index contributed by atoms with van der Waals surface area (Å²) in [5.41, 5.74) is 1.40. The summed E-state index contributed by atoms with van der Waals surface area (Å²) in [6, 6.07) is 4.68. The number of rotatable bonds is 1. The molecule has 0 amide bonds. The number of aryl methyl sites for hydroxylation is 3. The van der Waals surface area contributed by atoms with Gasteiger partial charge in [0.25, 0.3) is 0 Å². The van der Waals surface area contributed by atoms with Crippen LogP contribution in [0, 0.1) is 26.4 Å². The Bertz CT molecular complexity index is 876. The standard InChI is InChI=1S/C19H25FN/c1-12-8-18(21(7)11-13(12)2)16-9-15(19(4,5)6)10-17(20)14(16)3/h8-11H,1-7H3/q+1/i1D3,2D3. The lowest BCUT2D eigenvalue weighted by Gasteiger charge is -2.21. The van der Waals surface area contributed by atoms with Gasteiger partial charge in [0.2, 0.25) is 5.69 Å². The monoisotopic (exact) mass is 292 g/mol. The molecular weight excluding hydrogens is 261 g/mol. The molecule has 0 bridgehead atoms. The van der Waals surface area contributed by atoms with Crippen molar-refractivity contribution in [2.75, 3.05) is 0 Å². The van der Waals surface area contributed by atoms with Crippen LogP contribution in [0.4, 0.5) is 4.39 Å². The van der Waals surface area contributed by atoms with Crippen molar-refractivity contribution in [3.05, 3.63) is 52.5 Å². The number of nitrogens with zero attached hydrogens (tertiary/aromatic N) is 1. The van der Waals surface area contributed by atoms with E-state index in [0.29, 0.717) is 16.8 Å². The quantitative estimate of drug-likeness (QED) is 0.679. The number of hydrogen-bond donors (Lipinski definition) is 0. The fourth-order valence-electron chi connectivity index (χ4n) is 2.29. The van der Waals surface area contributed by atoms with Crippen molar-refractivity contribution < 1.29 is 17.2 Å². The van der Waals surface area contributed by atoms with Crippen LogP contribution >= 0.6 is 0 Å². The molecule has 1 aromatic carbocycles. The first kappa shape index (κ1) is 9.34. The molecule has 1 heterocycles. The average molecular weight is 292 g/mol. The zero-order chi connectivity index (χ0) is 20.9. The predicted molar refractivity (Wildman–Crippen MR) is 85.9 cm³/mol. The van der Waals surface area contributed by atoms with E-state index in [9.17, 15) is 4.39 Å². The zero-order valence-electron chi connectivity index (χ0n) is 19.1. The molecule has 0 radical (unpaired) electrons. The van der Waals surface area contributed by atoms with Gasteiger partial charge in [-0.05, 0) is 54.9 Å². The molecule has 0 atom stereocenters. The molecule has 0 saturated heterocycles. The number of halogens is 1. The Morgan fingerprint density at radius 1 is 1.10 bits per heavy atom. The topological polar surface area (TPSA) is 3.88 Å². The first-order valence-electron chi connectivity index (χ1n) is 9.89. The van der Waals surface area contributed by atoms with Crippen molar-refractivity contribution in [3.63, 3.8) is 0 Å². The van der Waals surface area contributed by atoms with Crippen molar-refractivity contribution in [2.45, 2.75) is 46.8 Å². The Morgan fingerprint density at radius 2 is 1.76 bits per heavy atom. The maximum atomic E-state index is 14.6. The van der Waals surface area contributed by atoms with Crippen LogP contribution in [0.1, 0.15) is 51.2 Å². The van der Waals surface area contributed by atoms with Gasteiger partial charge in [-0.15, -0.1) is 0 Å². The zero-order valence-corrected chi connectivity index (χ0v) is 13.1. The second-order valence-electron chi connectivity index (χ2n) is 6.48. The van der Waals surface area contributed by atoms with E-state index in [4.69, 9.17) is 8.22 Å². The first-order valence-corrected chi connectivity index (χ1v) is 6.89. The van der Waals surface area contributed by atoms with E-state index in [-0.39, 0.29) is 22.4 Å². The second kappa shape index (κ2) is 5.25. The molecule has 21 heavy (non-hydrogen) atoms. The van der Waals surface area contributed by atoms with Gasteiger partial charge in [-0.25, -0.2) is 8.96 Å². The van der Waals surface area contributed by atoms with Crippen LogP contribution in [-0.2, 0) is 12.5 Å². The van der Waals surface area contributed by atoms with E-state index < -0.39 is 13.7 Å². The van der Waals surface area contributed by atoms with Crippen LogP contribution in [0.3, 0.4) is 0 Å². The van der Waals surface area contributed by atoms with E-state index in [1.165, 1.54) is 18.3 Å². The van der Waals surface area contributed by atoms with E-state index in [1.807, 2.05) is 26.8 Å². The molecule has 112 valence electrons. The van der Waals surface area contributed by atoms with E-state index >= 15 is 0 Å². The van der Waals surface area contributed by atoms with Crippen molar-refractivity contribution in [1.82, 2.24) is 0 Å². The SMILES string of the molecule is [2H]C([2H])([2H])c1cc(-c2cc(C(C)(C)C)cc(F)c2C)[n+](C)cc1C([2H])([2H])[2H]. The molecule has 0 spiro atoms. The largest absolute Gasteiger partial charge is 0.212 e. The Kier molecular flexibility index (Phi) is 2.34. The highest BCUT2D eigenvalue weighted by molar-refractivity contribution is 5.63. The number of benzene rings is 1. The minimum atomic E-state index is -2.60. The van der Waals surface area contributed by atoms with Crippen molar-refractivity contribution in [2.24, 2.45) is 7.05 Å². The summed E-state index contributed by atoms with van der Waals surface area (Å²) in [5.74, 6) is -0.382. The van der Waals surface area contributed by atoms with Crippen LogP contribution in [-0.4, -0.2) is 0 Å². The summed E-state index contributed by atoms with van der Waals surface area (Å²) in [4.78, 5) is 0. The maximum absolute atomic E-state index is 14.6. The second-order valence-corrected chi connectivity index (χ2v) is 6.48. The molecule has 0 N–H and O–H groups in total. The predicted octanol–water partition coefficient (Wildman–Crippen LogP) is 4.54. The Morgan fingerprint density at radius 3 is 2.33 bits per heavy atom. The van der Waals surface area contributed by atoms with E-state index in [2.05, 4.69) is 0 Å². The van der Waals surface area contributed by atoms with Gasteiger partial charge in [0.05, 0.1) is 5.56 Å². The lowest BCUT2D eigenvalue weighted by molar-refractivity contribution is -0.660. The van der Waals surface area contributed by atoms with E-state index in [0.717, 1.165) is 5.56 Å². The summed E-state index contributed by atoms with van der Waals surface area (Å²) in [7, 11) is 1.63. The van der Waals surface area contributed by atoms with Gasteiger partial charge < -0.3 is 0 Å². The minimum Gasteiger partial charge on any atom is -0.207 e. The molecule has 0 aliphatic heterocycles.